The number of rotatable bonds is 7. The van der Waals surface area contributed by atoms with Gasteiger partial charge in [0.2, 0.25) is 5.91 Å². The summed E-state index contributed by atoms with van der Waals surface area (Å²) in [6.45, 7) is 2.85. The van der Waals surface area contributed by atoms with E-state index >= 15 is 0 Å². The minimum atomic E-state index is -0.387. The Morgan fingerprint density at radius 3 is 2.52 bits per heavy atom. The highest BCUT2D eigenvalue weighted by Crippen LogP contribution is 2.13. The highest BCUT2D eigenvalue weighted by Gasteiger charge is 2.11. The number of halogens is 1. The monoisotopic (exact) mass is 343 g/mol. The van der Waals surface area contributed by atoms with Crippen LogP contribution in [0.1, 0.15) is 22.8 Å². The first-order chi connectivity index (χ1) is 12.0. The molecule has 0 aromatic heterocycles. The summed E-state index contributed by atoms with van der Waals surface area (Å²) in [5, 5.41) is 8.60. The van der Waals surface area contributed by atoms with Crippen LogP contribution in [0, 0.1) is 11.7 Å². The average molecular weight is 343 g/mol. The van der Waals surface area contributed by atoms with Gasteiger partial charge in [-0.15, -0.1) is 0 Å². The number of anilines is 1. The molecule has 0 saturated carbocycles. The second-order valence-corrected chi connectivity index (χ2v) is 5.84. The third kappa shape index (κ3) is 5.69. The fourth-order valence-corrected chi connectivity index (χ4v) is 2.33. The Morgan fingerprint density at radius 1 is 1.12 bits per heavy atom. The van der Waals surface area contributed by atoms with Crippen LogP contribution in [0.4, 0.5) is 10.1 Å². The lowest BCUT2D eigenvalue weighted by molar-refractivity contribution is -0.124. The van der Waals surface area contributed by atoms with Gasteiger partial charge in [-0.25, -0.2) is 4.39 Å². The van der Waals surface area contributed by atoms with E-state index in [1.165, 1.54) is 24.3 Å². The molecule has 0 aliphatic carbocycles. The van der Waals surface area contributed by atoms with E-state index < -0.39 is 0 Å². The standard InChI is InChI=1S/C19H22FN3O2/c1-13(11-21-2)18(24)22-12-14-4-3-5-17(10-14)23-19(25)15-6-8-16(20)9-7-15/h3-10,13,21H,11-12H2,1-2H3,(H,22,24)(H,23,25). The van der Waals surface area contributed by atoms with Crippen LogP contribution in [0.3, 0.4) is 0 Å². The van der Waals surface area contributed by atoms with Crippen molar-refractivity contribution in [3.05, 3.63) is 65.5 Å². The Labute approximate surface area is 146 Å². The van der Waals surface area contributed by atoms with Gasteiger partial charge in [-0.2, -0.15) is 0 Å². The van der Waals surface area contributed by atoms with Crippen molar-refractivity contribution in [3.8, 4) is 0 Å². The summed E-state index contributed by atoms with van der Waals surface area (Å²) in [7, 11) is 1.80. The number of amides is 2. The zero-order chi connectivity index (χ0) is 18.2. The molecule has 0 spiro atoms. The first-order valence-corrected chi connectivity index (χ1v) is 8.07. The molecule has 0 saturated heterocycles. The summed E-state index contributed by atoms with van der Waals surface area (Å²) in [6.07, 6.45) is 0. The SMILES string of the molecule is CNCC(C)C(=O)NCc1cccc(NC(=O)c2ccc(F)cc2)c1. The molecule has 132 valence electrons. The first kappa shape index (κ1) is 18.6. The highest BCUT2D eigenvalue weighted by molar-refractivity contribution is 6.04. The second kappa shape index (κ2) is 8.94. The van der Waals surface area contributed by atoms with Gasteiger partial charge in [-0.05, 0) is 49.0 Å². The topological polar surface area (TPSA) is 70.2 Å². The smallest absolute Gasteiger partial charge is 0.255 e. The summed E-state index contributed by atoms with van der Waals surface area (Å²) in [6, 6.07) is 12.6. The molecule has 0 fully saturated rings. The molecular weight excluding hydrogens is 321 g/mol. The van der Waals surface area contributed by atoms with Gasteiger partial charge in [0.05, 0.1) is 0 Å². The van der Waals surface area contributed by atoms with Gasteiger partial charge in [0.15, 0.2) is 0 Å². The zero-order valence-corrected chi connectivity index (χ0v) is 14.3. The van der Waals surface area contributed by atoms with Gasteiger partial charge in [0.1, 0.15) is 5.82 Å². The molecule has 1 atom stereocenters. The van der Waals surface area contributed by atoms with E-state index in [1.54, 1.807) is 25.2 Å². The van der Waals surface area contributed by atoms with Gasteiger partial charge in [-0.3, -0.25) is 9.59 Å². The molecule has 25 heavy (non-hydrogen) atoms. The van der Waals surface area contributed by atoms with E-state index in [1.807, 2.05) is 13.0 Å². The summed E-state index contributed by atoms with van der Waals surface area (Å²) >= 11 is 0. The number of hydrogen-bond acceptors (Lipinski definition) is 3. The van der Waals surface area contributed by atoms with Crippen molar-refractivity contribution < 1.29 is 14.0 Å². The molecule has 0 heterocycles. The van der Waals surface area contributed by atoms with E-state index in [2.05, 4.69) is 16.0 Å². The van der Waals surface area contributed by atoms with Crippen molar-refractivity contribution in [2.75, 3.05) is 18.9 Å². The molecule has 3 N–H and O–H groups in total. The predicted octanol–water partition coefficient (Wildman–Crippen LogP) is 2.55. The van der Waals surface area contributed by atoms with E-state index in [0.717, 1.165) is 5.56 Å². The Morgan fingerprint density at radius 2 is 1.84 bits per heavy atom. The molecule has 2 aromatic carbocycles. The summed E-state index contributed by atoms with van der Waals surface area (Å²) in [5.74, 6) is -0.855. The van der Waals surface area contributed by atoms with Crippen LogP contribution in [0.25, 0.3) is 0 Å². The fourth-order valence-electron chi connectivity index (χ4n) is 2.33. The zero-order valence-electron chi connectivity index (χ0n) is 14.3. The highest BCUT2D eigenvalue weighted by atomic mass is 19.1. The van der Waals surface area contributed by atoms with Crippen LogP contribution in [0.5, 0.6) is 0 Å². The lowest BCUT2D eigenvalue weighted by atomic mass is 10.1. The van der Waals surface area contributed by atoms with Crippen LogP contribution in [-0.4, -0.2) is 25.4 Å². The molecule has 0 aliphatic heterocycles. The molecule has 1 unspecified atom stereocenters. The van der Waals surface area contributed by atoms with E-state index in [0.29, 0.717) is 24.3 Å². The Bertz CT molecular complexity index is 732. The molecule has 6 heteroatoms. The van der Waals surface area contributed by atoms with Crippen LogP contribution in [-0.2, 0) is 11.3 Å². The molecule has 0 aliphatic rings. The normalized spacial score (nSPS) is 11.6. The average Bonchev–Trinajstić information content (AvgIpc) is 2.60. The van der Waals surface area contributed by atoms with Crippen molar-refractivity contribution in [1.29, 1.82) is 0 Å². The molecule has 0 radical (unpaired) electrons. The Balaban J connectivity index is 1.95. The van der Waals surface area contributed by atoms with Gasteiger partial charge in [0, 0.05) is 30.3 Å². The maximum absolute atomic E-state index is 12.9. The predicted molar refractivity (Wildman–Crippen MR) is 95.7 cm³/mol. The van der Waals surface area contributed by atoms with Gasteiger partial charge < -0.3 is 16.0 Å². The van der Waals surface area contributed by atoms with Crippen LogP contribution >= 0.6 is 0 Å². The van der Waals surface area contributed by atoms with Crippen molar-refractivity contribution in [1.82, 2.24) is 10.6 Å². The minimum absolute atomic E-state index is 0.0323. The van der Waals surface area contributed by atoms with Gasteiger partial charge in [-0.1, -0.05) is 19.1 Å². The minimum Gasteiger partial charge on any atom is -0.352 e. The Kier molecular flexibility index (Phi) is 6.65. The number of carbonyl (C=O) groups excluding carboxylic acids is 2. The quantitative estimate of drug-likeness (QED) is 0.724. The molecule has 2 rings (SSSR count). The van der Waals surface area contributed by atoms with Crippen LogP contribution in [0.15, 0.2) is 48.5 Å². The molecular formula is C19H22FN3O2. The van der Waals surface area contributed by atoms with Crippen molar-refractivity contribution in [2.24, 2.45) is 5.92 Å². The first-order valence-electron chi connectivity index (χ1n) is 8.07. The largest absolute Gasteiger partial charge is 0.352 e. The van der Waals surface area contributed by atoms with Crippen LogP contribution < -0.4 is 16.0 Å². The van der Waals surface area contributed by atoms with E-state index in [9.17, 15) is 14.0 Å². The van der Waals surface area contributed by atoms with Gasteiger partial charge in [0.25, 0.3) is 5.91 Å². The molecule has 2 amide bonds. The number of hydrogen-bond donors (Lipinski definition) is 3. The Hall–Kier alpha value is -2.73. The number of nitrogens with one attached hydrogen (secondary N) is 3. The summed E-state index contributed by atoms with van der Waals surface area (Å²) in [5.41, 5.74) is 1.87. The van der Waals surface area contributed by atoms with E-state index in [-0.39, 0.29) is 23.5 Å². The van der Waals surface area contributed by atoms with Gasteiger partial charge >= 0.3 is 0 Å². The van der Waals surface area contributed by atoms with E-state index in [4.69, 9.17) is 0 Å². The van der Waals surface area contributed by atoms with Crippen LogP contribution in [0.2, 0.25) is 0 Å². The second-order valence-electron chi connectivity index (χ2n) is 5.84. The third-order valence-corrected chi connectivity index (χ3v) is 3.72. The lowest BCUT2D eigenvalue weighted by Crippen LogP contribution is -2.33. The summed E-state index contributed by atoms with van der Waals surface area (Å²) < 4.78 is 12.9. The summed E-state index contributed by atoms with van der Waals surface area (Å²) in [4.78, 5) is 24.1. The van der Waals surface area contributed by atoms with Crippen molar-refractivity contribution >= 4 is 17.5 Å². The number of carbonyl (C=O) groups is 2. The lowest BCUT2D eigenvalue weighted by Gasteiger charge is -2.12. The van der Waals surface area contributed by atoms with Crippen molar-refractivity contribution in [2.45, 2.75) is 13.5 Å². The molecule has 2 aromatic rings. The maximum Gasteiger partial charge on any atom is 0.255 e. The maximum atomic E-state index is 12.9. The number of benzene rings is 2. The molecule has 0 bridgehead atoms. The third-order valence-electron chi connectivity index (χ3n) is 3.72. The molecule has 5 nitrogen and oxygen atoms in total. The van der Waals surface area contributed by atoms with Crippen molar-refractivity contribution in [3.63, 3.8) is 0 Å². The fraction of sp³-hybridized carbons (Fsp3) is 0.263.